The Bertz CT molecular complexity index is 3310. The maximum atomic E-state index is 6.96. The number of aromatic nitrogens is 4. The van der Waals surface area contributed by atoms with E-state index in [9.17, 15) is 0 Å². The Labute approximate surface area is 359 Å². The molecule has 274 valence electrons. The molecule has 3 heterocycles. The highest BCUT2D eigenvalue weighted by Gasteiger charge is 2.24. The van der Waals surface area contributed by atoms with Crippen molar-refractivity contribution in [1.29, 1.82) is 0 Å². The van der Waals surface area contributed by atoms with Gasteiger partial charge in [-0.25, -0.2) is 15.0 Å². The van der Waals surface area contributed by atoms with Crippen LogP contribution in [0.4, 0.5) is 0 Å². The standard InChI is InChI=1S/C45H38B10N4O/c46-32-30(33(47)37(51)40(54)36(32)50)44-56-43(57-45(58-44)31-34(48)38(52)41(55)39(53)35(31)49)23-12-7-15-28-29(23)22-11-6-14-27(42(22)60-28)59-25-13-5-4-10-21(25)24-18-20(16-17-26(24)59)19-8-2-1-3-9-19/h1-18H,46-55H2. The first-order valence-corrected chi connectivity index (χ1v) is 20.9. The maximum Gasteiger partial charge on any atom is 0.164 e. The summed E-state index contributed by atoms with van der Waals surface area (Å²) in [4.78, 5) is 16.2. The molecule has 0 saturated heterocycles. The van der Waals surface area contributed by atoms with Gasteiger partial charge in [0.15, 0.2) is 23.1 Å². The van der Waals surface area contributed by atoms with Gasteiger partial charge in [-0.1, -0.05) is 101 Å². The zero-order valence-corrected chi connectivity index (χ0v) is 36.1. The molecule has 0 N–H and O–H groups in total. The molecule has 0 radical (unpaired) electrons. The number of nitrogens with zero attached hydrogens (tertiary/aromatic N) is 4. The van der Waals surface area contributed by atoms with E-state index < -0.39 is 0 Å². The highest BCUT2D eigenvalue weighted by molar-refractivity contribution is 6.70. The number of furan rings is 1. The van der Waals surface area contributed by atoms with Crippen molar-refractivity contribution < 1.29 is 4.42 Å². The zero-order valence-electron chi connectivity index (χ0n) is 36.1. The molecule has 0 atom stereocenters. The Balaban J connectivity index is 1.25. The van der Waals surface area contributed by atoms with Crippen molar-refractivity contribution in [3.8, 4) is 51.0 Å². The zero-order chi connectivity index (χ0) is 41.7. The van der Waals surface area contributed by atoms with Gasteiger partial charge in [0.1, 0.15) is 84.0 Å². The highest BCUT2D eigenvalue weighted by Crippen LogP contribution is 2.41. The molecular formula is C45H38B10N4O. The van der Waals surface area contributed by atoms with Gasteiger partial charge >= 0.3 is 0 Å². The maximum absolute atomic E-state index is 6.96. The minimum Gasteiger partial charge on any atom is -0.454 e. The van der Waals surface area contributed by atoms with Crippen LogP contribution in [0.5, 0.6) is 0 Å². The van der Waals surface area contributed by atoms with Crippen LogP contribution in [-0.2, 0) is 0 Å². The van der Waals surface area contributed by atoms with Gasteiger partial charge in [0, 0.05) is 38.2 Å². The molecule has 10 rings (SSSR count). The minimum atomic E-state index is 0.628. The molecule has 0 unspecified atom stereocenters. The van der Waals surface area contributed by atoms with Gasteiger partial charge in [-0.05, 0) is 41.5 Å². The second kappa shape index (κ2) is 14.2. The number of hydrogen-bond donors (Lipinski definition) is 0. The quantitative estimate of drug-likeness (QED) is 0.165. The van der Waals surface area contributed by atoms with Crippen molar-refractivity contribution in [3.63, 3.8) is 0 Å². The van der Waals surface area contributed by atoms with Crippen molar-refractivity contribution in [1.82, 2.24) is 19.5 Å². The number of benzene rings is 7. The van der Waals surface area contributed by atoms with Crippen molar-refractivity contribution in [2.24, 2.45) is 0 Å². The molecule has 3 aromatic heterocycles. The van der Waals surface area contributed by atoms with Crippen LogP contribution in [0.25, 0.3) is 94.7 Å². The van der Waals surface area contributed by atoms with E-state index in [0.29, 0.717) is 17.5 Å². The van der Waals surface area contributed by atoms with Crippen LogP contribution in [0.15, 0.2) is 114 Å². The molecule has 5 nitrogen and oxygen atoms in total. The summed E-state index contributed by atoms with van der Waals surface area (Å²) in [5, 5.41) is 4.39. The number of fused-ring (bicyclic) bond motifs is 6. The van der Waals surface area contributed by atoms with Gasteiger partial charge in [0.2, 0.25) is 0 Å². The van der Waals surface area contributed by atoms with Crippen LogP contribution in [-0.4, -0.2) is 98.0 Å². The lowest BCUT2D eigenvalue weighted by atomic mass is 9.60. The summed E-state index contributed by atoms with van der Waals surface area (Å²) in [6.07, 6.45) is 0. The van der Waals surface area contributed by atoms with Crippen LogP contribution in [0.3, 0.4) is 0 Å². The van der Waals surface area contributed by atoms with Gasteiger partial charge in [-0.3, -0.25) is 0 Å². The van der Waals surface area contributed by atoms with E-state index in [1.54, 1.807) is 0 Å². The molecule has 0 aliphatic carbocycles. The van der Waals surface area contributed by atoms with E-state index >= 15 is 0 Å². The van der Waals surface area contributed by atoms with E-state index in [1.807, 2.05) is 0 Å². The normalized spacial score (nSPS) is 11.7. The second-order valence-electron chi connectivity index (χ2n) is 16.7. The lowest BCUT2D eigenvalue weighted by Gasteiger charge is -2.22. The average Bonchev–Trinajstić information content (AvgIpc) is 3.82. The predicted octanol–water partition coefficient (Wildman–Crippen LogP) is -5.88. The Hall–Kier alpha value is -6.20. The summed E-state index contributed by atoms with van der Waals surface area (Å²) in [6, 6.07) is 38.8. The van der Waals surface area contributed by atoms with Gasteiger partial charge in [-0.15, -0.1) is 32.8 Å². The molecule has 0 spiro atoms. The van der Waals surface area contributed by atoms with Crippen molar-refractivity contribution >= 4 is 177 Å². The van der Waals surface area contributed by atoms with E-state index in [1.165, 1.54) is 76.5 Å². The lowest BCUT2D eigenvalue weighted by molar-refractivity contribution is 0.666. The summed E-state index contributed by atoms with van der Waals surface area (Å²) in [5.41, 5.74) is 22.8. The fourth-order valence-electron chi connectivity index (χ4n) is 9.63. The molecule has 0 saturated carbocycles. The van der Waals surface area contributed by atoms with Crippen molar-refractivity contribution in [2.75, 3.05) is 0 Å². The first-order chi connectivity index (χ1) is 28.9. The number of rotatable bonds is 5. The molecule has 7 aromatic carbocycles. The van der Waals surface area contributed by atoms with E-state index in [2.05, 4.69) is 192 Å². The average molecular weight is 759 g/mol. The van der Waals surface area contributed by atoms with Gasteiger partial charge < -0.3 is 8.98 Å². The van der Waals surface area contributed by atoms with Crippen LogP contribution >= 0.6 is 0 Å². The van der Waals surface area contributed by atoms with Gasteiger partial charge in [-0.2, -0.15) is 0 Å². The van der Waals surface area contributed by atoms with Crippen LogP contribution in [0, 0.1) is 0 Å². The molecule has 0 amide bonds. The third-order valence-corrected chi connectivity index (χ3v) is 13.8. The summed E-state index contributed by atoms with van der Waals surface area (Å²) in [6.45, 7) is 0. The van der Waals surface area contributed by atoms with Crippen molar-refractivity contribution in [3.05, 3.63) is 109 Å². The highest BCUT2D eigenvalue weighted by atomic mass is 16.3. The fourth-order valence-corrected chi connectivity index (χ4v) is 9.63. The van der Waals surface area contributed by atoms with Gasteiger partial charge in [0.25, 0.3) is 0 Å². The molecule has 0 aliphatic heterocycles. The second-order valence-corrected chi connectivity index (χ2v) is 16.7. The third-order valence-electron chi connectivity index (χ3n) is 13.8. The molecule has 0 bridgehead atoms. The predicted molar refractivity (Wildman–Crippen MR) is 285 cm³/mol. The Morgan fingerprint density at radius 1 is 0.400 bits per heavy atom. The largest absolute Gasteiger partial charge is 0.454 e. The topological polar surface area (TPSA) is 56.7 Å². The Morgan fingerprint density at radius 3 is 1.55 bits per heavy atom. The molecule has 10 aromatic rings. The summed E-state index contributed by atoms with van der Waals surface area (Å²) in [5.74, 6) is 2.01. The van der Waals surface area contributed by atoms with Crippen molar-refractivity contribution in [2.45, 2.75) is 0 Å². The van der Waals surface area contributed by atoms with Crippen LogP contribution < -0.4 is 54.6 Å². The summed E-state index contributed by atoms with van der Waals surface area (Å²) < 4.78 is 9.32. The Kier molecular flexibility index (Phi) is 9.02. The number of hydrogen-bond acceptors (Lipinski definition) is 4. The van der Waals surface area contributed by atoms with E-state index in [-0.39, 0.29) is 0 Å². The Morgan fingerprint density at radius 2 is 0.917 bits per heavy atom. The molecule has 0 fully saturated rings. The SMILES string of the molecule is Bc1c(B)c(B)c(-c2nc(-c3c(B)c(B)c(B)c(B)c3B)nc(-c3cccc4oc5c(-n6c7ccccc7c7cc(-c8ccccc8)ccc76)cccc5c34)n2)c(B)c1B. The lowest BCUT2D eigenvalue weighted by Crippen LogP contribution is -2.55. The first-order valence-electron chi connectivity index (χ1n) is 20.9. The molecule has 15 heteroatoms. The fraction of sp³-hybridized carbons (Fsp3) is 0. The first kappa shape index (κ1) is 38.0. The molecule has 0 aliphatic rings. The monoisotopic (exact) mass is 760 g/mol. The van der Waals surface area contributed by atoms with E-state index in [0.717, 1.165) is 55.3 Å². The van der Waals surface area contributed by atoms with Gasteiger partial charge in [0.05, 0.1) is 16.7 Å². The smallest absolute Gasteiger partial charge is 0.164 e. The summed E-state index contributed by atoms with van der Waals surface area (Å²) in [7, 11) is 22.1. The molecular weight excluding hydrogens is 721 g/mol. The minimum absolute atomic E-state index is 0.628. The van der Waals surface area contributed by atoms with Crippen LogP contribution in [0.2, 0.25) is 0 Å². The van der Waals surface area contributed by atoms with Crippen LogP contribution in [0.1, 0.15) is 0 Å². The van der Waals surface area contributed by atoms with E-state index in [4.69, 9.17) is 19.4 Å². The summed E-state index contributed by atoms with van der Waals surface area (Å²) >= 11 is 0. The molecule has 60 heavy (non-hydrogen) atoms. The third kappa shape index (κ3) is 5.65. The number of para-hydroxylation sites is 2.